The molecule has 0 saturated carbocycles. The highest BCUT2D eigenvalue weighted by Gasteiger charge is 2.11. The van der Waals surface area contributed by atoms with Crippen molar-refractivity contribution in [1.29, 1.82) is 0 Å². The maximum atomic E-state index is 11.6. The van der Waals surface area contributed by atoms with Gasteiger partial charge in [0.2, 0.25) is 0 Å². The lowest BCUT2D eigenvalue weighted by Gasteiger charge is -2.09. The number of amides is 1. The van der Waals surface area contributed by atoms with Gasteiger partial charge in [-0.1, -0.05) is 5.92 Å². The number of carbonyl (C=O) groups is 1. The molecule has 1 amide bonds. The number of nitrogens with one attached hydrogen (secondary N) is 1. The van der Waals surface area contributed by atoms with Gasteiger partial charge < -0.3 is 16.2 Å². The number of phenolic OH excluding ortho intramolecular Hbond substituents is 1. The summed E-state index contributed by atoms with van der Waals surface area (Å²) in [5, 5.41) is 11.7. The highest BCUT2D eigenvalue weighted by molar-refractivity contribution is 5.99. The monoisotopic (exact) mass is 204 g/mol. The second-order valence-electron chi connectivity index (χ2n) is 3.13. The lowest BCUT2D eigenvalue weighted by atomic mass is 10.1. The second kappa shape index (κ2) is 4.38. The fraction of sp³-hybridized carbons (Fsp3) is 0.182. The van der Waals surface area contributed by atoms with Crippen molar-refractivity contribution in [2.24, 2.45) is 0 Å². The van der Waals surface area contributed by atoms with Crippen molar-refractivity contribution in [2.75, 3.05) is 5.73 Å². The van der Waals surface area contributed by atoms with E-state index in [1.54, 1.807) is 6.92 Å². The number of hydrogen-bond donors (Lipinski definition) is 3. The summed E-state index contributed by atoms with van der Waals surface area (Å²) in [4.78, 5) is 11.6. The van der Waals surface area contributed by atoms with Gasteiger partial charge in [-0.25, -0.2) is 0 Å². The molecule has 0 aliphatic rings. The molecule has 0 aromatic heterocycles. The Morgan fingerprint density at radius 1 is 1.67 bits per heavy atom. The molecule has 1 atom stereocenters. The molecule has 15 heavy (non-hydrogen) atoms. The second-order valence-corrected chi connectivity index (χ2v) is 3.13. The van der Waals surface area contributed by atoms with Gasteiger partial charge in [-0.3, -0.25) is 4.79 Å². The minimum absolute atomic E-state index is 0.0114. The average molecular weight is 204 g/mol. The summed E-state index contributed by atoms with van der Waals surface area (Å²) in [5.74, 6) is 1.96. The number of nitrogens with two attached hydrogens (primary N) is 1. The normalized spacial score (nSPS) is 11.5. The molecule has 0 heterocycles. The van der Waals surface area contributed by atoms with Crippen LogP contribution >= 0.6 is 0 Å². The molecule has 1 rings (SSSR count). The van der Waals surface area contributed by atoms with E-state index in [2.05, 4.69) is 11.2 Å². The van der Waals surface area contributed by atoms with E-state index in [1.807, 2.05) is 0 Å². The van der Waals surface area contributed by atoms with E-state index < -0.39 is 5.91 Å². The molecule has 0 aliphatic carbocycles. The number of benzene rings is 1. The van der Waals surface area contributed by atoms with Gasteiger partial charge in [0.25, 0.3) is 5.91 Å². The zero-order valence-corrected chi connectivity index (χ0v) is 8.32. The first-order valence-corrected chi connectivity index (χ1v) is 4.40. The molecule has 1 aromatic carbocycles. The fourth-order valence-electron chi connectivity index (χ4n) is 1.06. The van der Waals surface area contributed by atoms with E-state index in [0.29, 0.717) is 5.69 Å². The molecule has 0 aliphatic heterocycles. The third-order valence-corrected chi connectivity index (χ3v) is 1.88. The molecule has 1 unspecified atom stereocenters. The predicted octanol–water partition coefficient (Wildman–Crippen LogP) is 0.726. The van der Waals surface area contributed by atoms with Crippen LogP contribution in [-0.4, -0.2) is 17.1 Å². The maximum absolute atomic E-state index is 11.6. The van der Waals surface area contributed by atoms with Gasteiger partial charge in [0.1, 0.15) is 5.75 Å². The first-order chi connectivity index (χ1) is 7.04. The van der Waals surface area contributed by atoms with Crippen molar-refractivity contribution < 1.29 is 9.90 Å². The molecule has 0 saturated heterocycles. The Kier molecular flexibility index (Phi) is 3.19. The summed E-state index contributed by atoms with van der Waals surface area (Å²) in [5.41, 5.74) is 6.10. The van der Waals surface area contributed by atoms with E-state index in [0.717, 1.165) is 0 Å². The average Bonchev–Trinajstić information content (AvgIpc) is 2.21. The van der Waals surface area contributed by atoms with Gasteiger partial charge in [0.15, 0.2) is 0 Å². The zero-order chi connectivity index (χ0) is 11.4. The van der Waals surface area contributed by atoms with Crippen LogP contribution in [0.4, 0.5) is 5.69 Å². The van der Waals surface area contributed by atoms with Crippen molar-refractivity contribution >= 4 is 11.6 Å². The minimum Gasteiger partial charge on any atom is -0.508 e. The molecule has 0 radical (unpaired) electrons. The van der Waals surface area contributed by atoms with Gasteiger partial charge in [-0.05, 0) is 25.1 Å². The van der Waals surface area contributed by atoms with Crippen LogP contribution in [0.5, 0.6) is 5.75 Å². The molecule has 0 fully saturated rings. The van der Waals surface area contributed by atoms with Gasteiger partial charge in [0, 0.05) is 5.69 Å². The highest BCUT2D eigenvalue weighted by Crippen LogP contribution is 2.18. The van der Waals surface area contributed by atoms with E-state index in [9.17, 15) is 9.90 Å². The van der Waals surface area contributed by atoms with Crippen LogP contribution in [0, 0.1) is 12.3 Å². The minimum atomic E-state index is -0.395. The number of aromatic hydroxyl groups is 1. The lowest BCUT2D eigenvalue weighted by Crippen LogP contribution is -2.31. The van der Waals surface area contributed by atoms with E-state index in [4.69, 9.17) is 12.2 Å². The van der Waals surface area contributed by atoms with E-state index in [1.165, 1.54) is 18.2 Å². The Balaban J connectivity index is 2.92. The molecule has 4 N–H and O–H groups in total. The molecule has 0 spiro atoms. The topological polar surface area (TPSA) is 75.3 Å². The van der Waals surface area contributed by atoms with Crippen LogP contribution < -0.4 is 11.1 Å². The van der Waals surface area contributed by atoms with Crippen molar-refractivity contribution in [3.8, 4) is 18.1 Å². The molecule has 78 valence electrons. The quantitative estimate of drug-likeness (QED) is 0.377. The number of phenols is 1. The number of rotatable bonds is 2. The van der Waals surface area contributed by atoms with Crippen LogP contribution in [-0.2, 0) is 0 Å². The first kappa shape index (κ1) is 10.9. The van der Waals surface area contributed by atoms with Crippen LogP contribution in [0.3, 0.4) is 0 Å². The number of anilines is 1. The summed E-state index contributed by atoms with van der Waals surface area (Å²) in [6.07, 6.45) is 5.12. The van der Waals surface area contributed by atoms with Crippen LogP contribution in [0.15, 0.2) is 18.2 Å². The molecule has 4 nitrogen and oxygen atoms in total. The van der Waals surface area contributed by atoms with Crippen LogP contribution in [0.1, 0.15) is 17.3 Å². The highest BCUT2D eigenvalue weighted by atomic mass is 16.3. The Hall–Kier alpha value is -2.15. The third-order valence-electron chi connectivity index (χ3n) is 1.88. The standard InChI is InChI=1S/C11H12N2O2/c1-3-7(2)13-11(15)9-6-8(14)4-5-10(9)12/h1,4-7,14H,12H2,2H3,(H,13,15). The summed E-state index contributed by atoms with van der Waals surface area (Å²) < 4.78 is 0. The van der Waals surface area contributed by atoms with Gasteiger partial charge in [-0.2, -0.15) is 0 Å². The summed E-state index contributed by atoms with van der Waals surface area (Å²) in [6, 6.07) is 3.80. The Morgan fingerprint density at radius 2 is 2.33 bits per heavy atom. The number of nitrogen functional groups attached to an aromatic ring is 1. The SMILES string of the molecule is C#CC(C)NC(=O)c1cc(O)ccc1N. The maximum Gasteiger partial charge on any atom is 0.254 e. The van der Waals surface area contributed by atoms with E-state index in [-0.39, 0.29) is 17.4 Å². The Labute approximate surface area is 88.1 Å². The Bertz CT molecular complexity index is 421. The van der Waals surface area contributed by atoms with Crippen molar-refractivity contribution in [1.82, 2.24) is 5.32 Å². The lowest BCUT2D eigenvalue weighted by molar-refractivity contribution is 0.0948. The van der Waals surface area contributed by atoms with Gasteiger partial charge >= 0.3 is 0 Å². The predicted molar refractivity (Wildman–Crippen MR) is 58.3 cm³/mol. The number of terminal acetylenes is 1. The first-order valence-electron chi connectivity index (χ1n) is 4.40. The summed E-state index contributed by atoms with van der Waals surface area (Å²) in [6.45, 7) is 1.68. The zero-order valence-electron chi connectivity index (χ0n) is 8.32. The molecular formula is C11H12N2O2. The Morgan fingerprint density at radius 3 is 2.93 bits per heavy atom. The number of hydrogen-bond acceptors (Lipinski definition) is 3. The number of carbonyl (C=O) groups excluding carboxylic acids is 1. The van der Waals surface area contributed by atoms with Gasteiger partial charge in [0.05, 0.1) is 11.6 Å². The molecule has 4 heteroatoms. The third kappa shape index (κ3) is 2.64. The molecular weight excluding hydrogens is 192 g/mol. The largest absolute Gasteiger partial charge is 0.508 e. The van der Waals surface area contributed by atoms with Crippen molar-refractivity contribution in [2.45, 2.75) is 13.0 Å². The van der Waals surface area contributed by atoms with E-state index >= 15 is 0 Å². The van der Waals surface area contributed by atoms with Crippen LogP contribution in [0.2, 0.25) is 0 Å². The fourth-order valence-corrected chi connectivity index (χ4v) is 1.06. The molecule has 0 bridgehead atoms. The smallest absolute Gasteiger partial charge is 0.254 e. The van der Waals surface area contributed by atoms with Crippen LogP contribution in [0.25, 0.3) is 0 Å². The van der Waals surface area contributed by atoms with Crippen molar-refractivity contribution in [3.05, 3.63) is 23.8 Å². The van der Waals surface area contributed by atoms with Gasteiger partial charge in [-0.15, -0.1) is 6.42 Å². The summed E-state index contributed by atoms with van der Waals surface area (Å²) in [7, 11) is 0. The van der Waals surface area contributed by atoms with Crippen molar-refractivity contribution in [3.63, 3.8) is 0 Å². The summed E-state index contributed by atoms with van der Waals surface area (Å²) >= 11 is 0. The molecule has 1 aromatic rings.